The molecule has 2 rings (SSSR count). The summed E-state index contributed by atoms with van der Waals surface area (Å²) >= 11 is 0. The first-order valence-electron chi connectivity index (χ1n) is 5.34. The van der Waals surface area contributed by atoms with E-state index >= 15 is 0 Å². The highest BCUT2D eigenvalue weighted by atomic mass is 16.5. The lowest BCUT2D eigenvalue weighted by atomic mass is 10.1. The van der Waals surface area contributed by atoms with Crippen LogP contribution in [0.15, 0.2) is 42.5 Å². The molecule has 1 aliphatic heterocycles. The largest absolute Gasteiger partial charge is 0.376 e. The third kappa shape index (κ3) is 2.91. The number of ether oxygens (including phenoxy) is 1. The van der Waals surface area contributed by atoms with Crippen molar-refractivity contribution < 1.29 is 4.74 Å². The molecule has 0 spiro atoms. The van der Waals surface area contributed by atoms with Crippen LogP contribution in [-0.4, -0.2) is 31.2 Å². The summed E-state index contributed by atoms with van der Waals surface area (Å²) in [4.78, 5) is 2.39. The Morgan fingerprint density at radius 3 is 2.87 bits per heavy atom. The highest BCUT2D eigenvalue weighted by Crippen LogP contribution is 2.10. The van der Waals surface area contributed by atoms with E-state index in [2.05, 4.69) is 47.4 Å². The van der Waals surface area contributed by atoms with Crippen LogP contribution in [0.4, 0.5) is 0 Å². The first kappa shape index (κ1) is 10.4. The summed E-state index contributed by atoms with van der Waals surface area (Å²) in [6.45, 7) is 3.02. The average molecular weight is 203 g/mol. The van der Waals surface area contributed by atoms with Crippen molar-refractivity contribution in [3.05, 3.63) is 48.0 Å². The summed E-state index contributed by atoms with van der Waals surface area (Å²) < 4.78 is 5.33. The van der Waals surface area contributed by atoms with Gasteiger partial charge in [0.2, 0.25) is 0 Å². The SMILES string of the molecule is COC1C=CCN(Cc2ccccc2)C1. The van der Waals surface area contributed by atoms with Gasteiger partial charge in [-0.15, -0.1) is 0 Å². The van der Waals surface area contributed by atoms with Gasteiger partial charge in [0, 0.05) is 26.7 Å². The van der Waals surface area contributed by atoms with Crippen molar-refractivity contribution in [1.29, 1.82) is 0 Å². The Bertz CT molecular complexity index is 321. The fraction of sp³-hybridized carbons (Fsp3) is 0.385. The predicted octanol–water partition coefficient (Wildman–Crippen LogP) is 2.07. The number of nitrogens with zero attached hydrogens (tertiary/aromatic N) is 1. The van der Waals surface area contributed by atoms with Crippen LogP contribution in [0, 0.1) is 0 Å². The molecule has 0 N–H and O–H groups in total. The lowest BCUT2D eigenvalue weighted by molar-refractivity contribution is 0.0902. The quantitative estimate of drug-likeness (QED) is 0.697. The Kier molecular flexibility index (Phi) is 3.54. The second-order valence-corrected chi connectivity index (χ2v) is 3.88. The molecular formula is C13H17NO. The molecule has 0 amide bonds. The Morgan fingerprint density at radius 2 is 2.13 bits per heavy atom. The molecule has 2 heteroatoms. The molecule has 1 atom stereocenters. The van der Waals surface area contributed by atoms with Crippen molar-refractivity contribution in [1.82, 2.24) is 4.90 Å². The Labute approximate surface area is 91.2 Å². The first-order chi connectivity index (χ1) is 7.38. The maximum Gasteiger partial charge on any atom is 0.0879 e. The molecule has 0 bridgehead atoms. The molecule has 0 aromatic heterocycles. The van der Waals surface area contributed by atoms with Gasteiger partial charge in [-0.25, -0.2) is 0 Å². The first-order valence-corrected chi connectivity index (χ1v) is 5.34. The molecule has 1 aromatic carbocycles. The van der Waals surface area contributed by atoms with E-state index in [0.717, 1.165) is 19.6 Å². The van der Waals surface area contributed by atoms with Gasteiger partial charge in [-0.05, 0) is 5.56 Å². The fourth-order valence-corrected chi connectivity index (χ4v) is 1.88. The molecule has 1 aliphatic rings. The van der Waals surface area contributed by atoms with Gasteiger partial charge in [0.15, 0.2) is 0 Å². The minimum Gasteiger partial charge on any atom is -0.376 e. The van der Waals surface area contributed by atoms with E-state index in [1.165, 1.54) is 5.56 Å². The molecular weight excluding hydrogens is 186 g/mol. The van der Waals surface area contributed by atoms with Crippen molar-refractivity contribution >= 4 is 0 Å². The number of hydrogen-bond acceptors (Lipinski definition) is 2. The van der Waals surface area contributed by atoms with Gasteiger partial charge in [-0.3, -0.25) is 4.90 Å². The highest BCUT2D eigenvalue weighted by molar-refractivity contribution is 5.15. The van der Waals surface area contributed by atoms with Gasteiger partial charge in [0.25, 0.3) is 0 Å². The third-order valence-corrected chi connectivity index (χ3v) is 2.70. The predicted molar refractivity (Wildman–Crippen MR) is 61.7 cm³/mol. The second-order valence-electron chi connectivity index (χ2n) is 3.88. The van der Waals surface area contributed by atoms with Gasteiger partial charge in [-0.2, -0.15) is 0 Å². The molecule has 80 valence electrons. The molecule has 0 radical (unpaired) electrons. The van der Waals surface area contributed by atoms with Gasteiger partial charge in [0.1, 0.15) is 0 Å². The standard InChI is InChI=1S/C13H17NO/c1-15-13-8-5-9-14(11-13)10-12-6-3-2-4-7-12/h2-8,13H,9-11H2,1H3. The number of methoxy groups -OCH3 is 1. The lowest BCUT2D eigenvalue weighted by Gasteiger charge is -2.27. The minimum atomic E-state index is 0.252. The molecule has 0 fully saturated rings. The van der Waals surface area contributed by atoms with Crippen LogP contribution in [0.5, 0.6) is 0 Å². The number of hydrogen-bond donors (Lipinski definition) is 0. The third-order valence-electron chi connectivity index (χ3n) is 2.70. The summed E-state index contributed by atoms with van der Waals surface area (Å²) in [6, 6.07) is 10.6. The van der Waals surface area contributed by atoms with Crippen molar-refractivity contribution in [3.63, 3.8) is 0 Å². The van der Waals surface area contributed by atoms with E-state index in [1.807, 2.05) is 0 Å². The lowest BCUT2D eigenvalue weighted by Crippen LogP contribution is -2.35. The summed E-state index contributed by atoms with van der Waals surface area (Å²) in [6.07, 6.45) is 4.57. The summed E-state index contributed by atoms with van der Waals surface area (Å²) in [7, 11) is 1.76. The van der Waals surface area contributed by atoms with Crippen LogP contribution < -0.4 is 0 Å². The van der Waals surface area contributed by atoms with E-state index in [4.69, 9.17) is 4.74 Å². The summed E-state index contributed by atoms with van der Waals surface area (Å²) in [5, 5.41) is 0. The molecule has 0 aliphatic carbocycles. The summed E-state index contributed by atoms with van der Waals surface area (Å²) in [5.41, 5.74) is 1.36. The van der Waals surface area contributed by atoms with E-state index in [-0.39, 0.29) is 6.10 Å². The van der Waals surface area contributed by atoms with Crippen molar-refractivity contribution in [2.24, 2.45) is 0 Å². The zero-order valence-corrected chi connectivity index (χ0v) is 9.10. The van der Waals surface area contributed by atoms with E-state index < -0.39 is 0 Å². The van der Waals surface area contributed by atoms with Crippen molar-refractivity contribution in [2.45, 2.75) is 12.6 Å². The van der Waals surface area contributed by atoms with E-state index in [9.17, 15) is 0 Å². The van der Waals surface area contributed by atoms with Gasteiger partial charge in [-0.1, -0.05) is 42.5 Å². The van der Waals surface area contributed by atoms with Crippen LogP contribution in [-0.2, 0) is 11.3 Å². The van der Waals surface area contributed by atoms with Crippen molar-refractivity contribution in [3.8, 4) is 0 Å². The highest BCUT2D eigenvalue weighted by Gasteiger charge is 2.14. The van der Waals surface area contributed by atoms with Crippen LogP contribution in [0.2, 0.25) is 0 Å². The fourth-order valence-electron chi connectivity index (χ4n) is 1.88. The Morgan fingerprint density at radius 1 is 1.33 bits per heavy atom. The Balaban J connectivity index is 1.93. The average Bonchev–Trinajstić information content (AvgIpc) is 2.31. The topological polar surface area (TPSA) is 12.5 Å². The van der Waals surface area contributed by atoms with Crippen LogP contribution >= 0.6 is 0 Å². The molecule has 0 saturated carbocycles. The van der Waals surface area contributed by atoms with Gasteiger partial charge < -0.3 is 4.74 Å². The second kappa shape index (κ2) is 5.10. The Hall–Kier alpha value is -1.12. The van der Waals surface area contributed by atoms with Crippen LogP contribution in [0.3, 0.4) is 0 Å². The van der Waals surface area contributed by atoms with Crippen LogP contribution in [0.1, 0.15) is 5.56 Å². The molecule has 1 aromatic rings. The van der Waals surface area contributed by atoms with Gasteiger partial charge >= 0.3 is 0 Å². The minimum absolute atomic E-state index is 0.252. The molecule has 1 heterocycles. The van der Waals surface area contributed by atoms with E-state index in [0.29, 0.717) is 0 Å². The molecule has 1 unspecified atom stereocenters. The van der Waals surface area contributed by atoms with Gasteiger partial charge in [0.05, 0.1) is 6.10 Å². The monoisotopic (exact) mass is 203 g/mol. The molecule has 0 saturated heterocycles. The van der Waals surface area contributed by atoms with Crippen molar-refractivity contribution in [2.75, 3.05) is 20.2 Å². The zero-order valence-electron chi connectivity index (χ0n) is 9.10. The molecule has 2 nitrogen and oxygen atoms in total. The number of benzene rings is 1. The number of rotatable bonds is 3. The van der Waals surface area contributed by atoms with Crippen LogP contribution in [0.25, 0.3) is 0 Å². The smallest absolute Gasteiger partial charge is 0.0879 e. The summed E-state index contributed by atoms with van der Waals surface area (Å²) in [5.74, 6) is 0. The maximum atomic E-state index is 5.33. The normalized spacial score (nSPS) is 21.8. The maximum absolute atomic E-state index is 5.33. The van der Waals surface area contributed by atoms with E-state index in [1.54, 1.807) is 7.11 Å². The zero-order chi connectivity index (χ0) is 10.5. The molecule has 15 heavy (non-hydrogen) atoms.